The quantitative estimate of drug-likeness (QED) is 0.724. The largest absolute Gasteiger partial charge is 0.310 e. The van der Waals surface area contributed by atoms with E-state index in [1.165, 1.54) is 0 Å². The van der Waals surface area contributed by atoms with Gasteiger partial charge >= 0.3 is 0 Å². The molecule has 0 aromatic heterocycles. The van der Waals surface area contributed by atoms with Crippen molar-refractivity contribution in [1.82, 2.24) is 5.32 Å². The predicted molar refractivity (Wildman–Crippen MR) is 78.7 cm³/mol. The molecule has 0 heterocycles. The Labute approximate surface area is 115 Å². The van der Waals surface area contributed by atoms with Gasteiger partial charge in [0.05, 0.1) is 0 Å². The fraction of sp³-hybridized carbons (Fsp3) is 0.600. The molecular weight excluding hydrogens is 245 g/mol. The van der Waals surface area contributed by atoms with Crippen molar-refractivity contribution in [1.29, 1.82) is 0 Å². The zero-order chi connectivity index (χ0) is 13.5. The number of thioether (sulfide) groups is 1. The SMILES string of the molecule is CCNC(C)c1cccc(F)c1SCCC(C)C. The third kappa shape index (κ3) is 4.62. The van der Waals surface area contributed by atoms with Crippen LogP contribution in [-0.2, 0) is 0 Å². The van der Waals surface area contributed by atoms with Crippen LogP contribution in [-0.4, -0.2) is 12.3 Å². The molecular formula is C15H24FNS. The molecule has 0 saturated carbocycles. The average Bonchev–Trinajstić information content (AvgIpc) is 2.31. The fourth-order valence-electron chi connectivity index (χ4n) is 1.83. The molecule has 1 rings (SSSR count). The topological polar surface area (TPSA) is 12.0 Å². The lowest BCUT2D eigenvalue weighted by atomic mass is 10.1. The monoisotopic (exact) mass is 269 g/mol. The summed E-state index contributed by atoms with van der Waals surface area (Å²) in [6.45, 7) is 9.45. The first-order valence-corrected chi connectivity index (χ1v) is 7.69. The molecule has 1 aromatic rings. The van der Waals surface area contributed by atoms with E-state index in [4.69, 9.17) is 0 Å². The highest BCUT2D eigenvalue weighted by molar-refractivity contribution is 7.99. The Hall–Kier alpha value is -0.540. The third-order valence-corrected chi connectivity index (χ3v) is 4.08. The van der Waals surface area contributed by atoms with Crippen molar-refractivity contribution < 1.29 is 4.39 Å². The Morgan fingerprint density at radius 2 is 2.00 bits per heavy atom. The third-order valence-electron chi connectivity index (χ3n) is 2.92. The second-order valence-electron chi connectivity index (χ2n) is 4.97. The summed E-state index contributed by atoms with van der Waals surface area (Å²) < 4.78 is 13.9. The number of nitrogens with one attached hydrogen (secondary N) is 1. The molecule has 1 aromatic carbocycles. The van der Waals surface area contributed by atoms with Crippen molar-refractivity contribution in [2.45, 2.75) is 45.1 Å². The van der Waals surface area contributed by atoms with E-state index >= 15 is 0 Å². The lowest BCUT2D eigenvalue weighted by molar-refractivity contribution is 0.557. The molecule has 0 amide bonds. The number of halogens is 1. The van der Waals surface area contributed by atoms with Crippen molar-refractivity contribution in [3.63, 3.8) is 0 Å². The first-order valence-electron chi connectivity index (χ1n) is 6.70. The predicted octanol–water partition coefficient (Wildman–Crippen LogP) is 4.63. The van der Waals surface area contributed by atoms with E-state index in [0.29, 0.717) is 5.92 Å². The molecule has 0 aliphatic rings. The molecule has 102 valence electrons. The number of rotatable bonds is 7. The first-order chi connectivity index (χ1) is 8.56. The minimum atomic E-state index is -0.0917. The molecule has 1 nitrogen and oxygen atoms in total. The zero-order valence-corrected chi connectivity index (χ0v) is 12.6. The highest BCUT2D eigenvalue weighted by atomic mass is 32.2. The van der Waals surface area contributed by atoms with Gasteiger partial charge in [-0.2, -0.15) is 0 Å². The van der Waals surface area contributed by atoms with Crippen molar-refractivity contribution in [2.24, 2.45) is 5.92 Å². The molecule has 0 bridgehead atoms. The second kappa shape index (κ2) is 7.80. The summed E-state index contributed by atoms with van der Waals surface area (Å²) >= 11 is 1.64. The highest BCUT2D eigenvalue weighted by Gasteiger charge is 2.14. The van der Waals surface area contributed by atoms with Crippen LogP contribution < -0.4 is 5.32 Å². The second-order valence-corrected chi connectivity index (χ2v) is 6.07. The number of hydrogen-bond donors (Lipinski definition) is 1. The van der Waals surface area contributed by atoms with Crippen LogP contribution in [0.1, 0.15) is 45.7 Å². The molecule has 1 unspecified atom stereocenters. The van der Waals surface area contributed by atoms with E-state index in [9.17, 15) is 4.39 Å². The van der Waals surface area contributed by atoms with Crippen LogP contribution in [0.15, 0.2) is 23.1 Å². The van der Waals surface area contributed by atoms with Crippen molar-refractivity contribution >= 4 is 11.8 Å². The van der Waals surface area contributed by atoms with Gasteiger partial charge in [-0.15, -0.1) is 11.8 Å². The van der Waals surface area contributed by atoms with E-state index in [2.05, 4.69) is 33.0 Å². The molecule has 3 heteroatoms. The molecule has 0 saturated heterocycles. The Morgan fingerprint density at radius 1 is 1.28 bits per heavy atom. The Kier molecular flexibility index (Phi) is 6.72. The maximum absolute atomic E-state index is 13.9. The van der Waals surface area contributed by atoms with Crippen LogP contribution in [0, 0.1) is 11.7 Å². The summed E-state index contributed by atoms with van der Waals surface area (Å²) in [7, 11) is 0. The van der Waals surface area contributed by atoms with Gasteiger partial charge in [-0.05, 0) is 43.2 Å². The Balaban J connectivity index is 2.80. The van der Waals surface area contributed by atoms with Gasteiger partial charge in [-0.3, -0.25) is 0 Å². The molecule has 0 aliphatic heterocycles. The van der Waals surface area contributed by atoms with Gasteiger partial charge in [0.25, 0.3) is 0 Å². The molecule has 0 spiro atoms. The minimum Gasteiger partial charge on any atom is -0.310 e. The molecule has 1 N–H and O–H groups in total. The molecule has 0 aliphatic carbocycles. The van der Waals surface area contributed by atoms with E-state index in [1.54, 1.807) is 23.9 Å². The van der Waals surface area contributed by atoms with Gasteiger partial charge in [0.15, 0.2) is 0 Å². The highest BCUT2D eigenvalue weighted by Crippen LogP contribution is 2.31. The molecule has 0 fully saturated rings. The maximum Gasteiger partial charge on any atom is 0.137 e. The van der Waals surface area contributed by atoms with E-state index in [-0.39, 0.29) is 11.9 Å². The Morgan fingerprint density at radius 3 is 2.61 bits per heavy atom. The van der Waals surface area contributed by atoms with E-state index < -0.39 is 0 Å². The van der Waals surface area contributed by atoms with Gasteiger partial charge < -0.3 is 5.32 Å². The van der Waals surface area contributed by atoms with E-state index in [1.807, 2.05) is 6.07 Å². The summed E-state index contributed by atoms with van der Waals surface area (Å²) in [4.78, 5) is 0.812. The molecule has 0 radical (unpaired) electrons. The van der Waals surface area contributed by atoms with Gasteiger partial charge in [0.2, 0.25) is 0 Å². The van der Waals surface area contributed by atoms with Crippen molar-refractivity contribution in [3.05, 3.63) is 29.6 Å². The van der Waals surface area contributed by atoms with Gasteiger partial charge in [0, 0.05) is 10.9 Å². The molecule has 18 heavy (non-hydrogen) atoms. The molecule has 1 atom stereocenters. The summed E-state index contributed by atoms with van der Waals surface area (Å²) in [5.74, 6) is 1.55. The van der Waals surface area contributed by atoms with Crippen molar-refractivity contribution in [3.8, 4) is 0 Å². The fourth-order valence-corrected chi connectivity index (χ4v) is 3.24. The minimum absolute atomic E-state index is 0.0917. The van der Waals surface area contributed by atoms with Crippen LogP contribution in [0.3, 0.4) is 0 Å². The van der Waals surface area contributed by atoms with Crippen LogP contribution in [0.5, 0.6) is 0 Å². The van der Waals surface area contributed by atoms with Crippen LogP contribution >= 0.6 is 11.8 Å². The normalized spacial score (nSPS) is 13.0. The van der Waals surface area contributed by atoms with Crippen LogP contribution in [0.4, 0.5) is 4.39 Å². The smallest absolute Gasteiger partial charge is 0.137 e. The summed E-state index contributed by atoms with van der Waals surface area (Å²) in [5, 5.41) is 3.35. The van der Waals surface area contributed by atoms with Gasteiger partial charge in [0.1, 0.15) is 5.82 Å². The van der Waals surface area contributed by atoms with Crippen LogP contribution in [0.2, 0.25) is 0 Å². The summed E-state index contributed by atoms with van der Waals surface area (Å²) in [6, 6.07) is 5.58. The summed E-state index contributed by atoms with van der Waals surface area (Å²) in [6.07, 6.45) is 1.12. The zero-order valence-electron chi connectivity index (χ0n) is 11.8. The Bertz CT molecular complexity index is 366. The lowest BCUT2D eigenvalue weighted by Gasteiger charge is -2.17. The van der Waals surface area contributed by atoms with Gasteiger partial charge in [-0.25, -0.2) is 4.39 Å². The maximum atomic E-state index is 13.9. The standard InChI is InChI=1S/C15H24FNS/c1-5-17-12(4)13-7-6-8-14(16)15(13)18-10-9-11(2)3/h6-8,11-12,17H,5,9-10H2,1-4H3. The average molecular weight is 269 g/mol. The van der Waals surface area contributed by atoms with Crippen LogP contribution in [0.25, 0.3) is 0 Å². The van der Waals surface area contributed by atoms with Crippen molar-refractivity contribution in [2.75, 3.05) is 12.3 Å². The van der Waals surface area contributed by atoms with Gasteiger partial charge in [-0.1, -0.05) is 32.9 Å². The van der Waals surface area contributed by atoms with E-state index in [0.717, 1.165) is 29.2 Å². The number of hydrogen-bond acceptors (Lipinski definition) is 2. The summed E-state index contributed by atoms with van der Waals surface area (Å²) in [5.41, 5.74) is 1.07. The lowest BCUT2D eigenvalue weighted by Crippen LogP contribution is -2.18. The first kappa shape index (κ1) is 15.5. The number of benzene rings is 1.